The zero-order valence-corrected chi connectivity index (χ0v) is 18.6. The fourth-order valence-electron chi connectivity index (χ4n) is 4.21. The number of rotatable bonds is 8. The highest BCUT2D eigenvalue weighted by atomic mass is 19.1. The molecule has 3 amide bonds. The van der Waals surface area contributed by atoms with Gasteiger partial charge in [-0.1, -0.05) is 66.7 Å². The lowest BCUT2D eigenvalue weighted by molar-refractivity contribution is -0.133. The summed E-state index contributed by atoms with van der Waals surface area (Å²) >= 11 is 0. The molecule has 7 heteroatoms. The molecule has 0 radical (unpaired) electrons. The number of nitrogens with one attached hydrogen (secondary N) is 1. The van der Waals surface area contributed by atoms with E-state index in [9.17, 15) is 14.0 Å². The van der Waals surface area contributed by atoms with Crippen LogP contribution >= 0.6 is 0 Å². The van der Waals surface area contributed by atoms with E-state index in [4.69, 9.17) is 4.74 Å². The molecule has 0 aliphatic carbocycles. The molecular formula is C26H26FN3O3. The molecule has 1 aliphatic heterocycles. The Morgan fingerprint density at radius 1 is 0.970 bits per heavy atom. The summed E-state index contributed by atoms with van der Waals surface area (Å²) in [6.07, 6.45) is 0.340. The zero-order chi connectivity index (χ0) is 23.4. The first-order valence-corrected chi connectivity index (χ1v) is 10.7. The van der Waals surface area contributed by atoms with E-state index in [1.807, 2.05) is 60.7 Å². The number of carbonyl (C=O) groups excluding carboxylic acids is 2. The van der Waals surface area contributed by atoms with Crippen molar-refractivity contribution in [3.05, 3.63) is 101 Å². The van der Waals surface area contributed by atoms with Crippen molar-refractivity contribution in [3.63, 3.8) is 0 Å². The van der Waals surface area contributed by atoms with Crippen LogP contribution in [0.25, 0.3) is 0 Å². The summed E-state index contributed by atoms with van der Waals surface area (Å²) < 4.78 is 19.0. The highest BCUT2D eigenvalue weighted by Gasteiger charge is 2.52. The van der Waals surface area contributed by atoms with Gasteiger partial charge in [0.25, 0.3) is 5.91 Å². The summed E-state index contributed by atoms with van der Waals surface area (Å²) in [6, 6.07) is 23.2. The van der Waals surface area contributed by atoms with Gasteiger partial charge in [0.1, 0.15) is 0 Å². The normalized spacial score (nSPS) is 18.0. The number of carbonyl (C=O) groups is 2. The van der Waals surface area contributed by atoms with Crippen LogP contribution in [0, 0.1) is 5.82 Å². The molecule has 1 N–H and O–H groups in total. The Balaban J connectivity index is 1.57. The molecule has 170 valence electrons. The Hall–Kier alpha value is -3.71. The molecule has 3 aromatic carbocycles. The van der Waals surface area contributed by atoms with Gasteiger partial charge >= 0.3 is 6.03 Å². The van der Waals surface area contributed by atoms with E-state index in [1.54, 1.807) is 24.1 Å². The molecule has 0 saturated carbocycles. The van der Waals surface area contributed by atoms with Crippen molar-refractivity contribution in [3.8, 4) is 5.75 Å². The lowest BCUT2D eigenvalue weighted by atomic mass is 9.83. The van der Waals surface area contributed by atoms with Crippen molar-refractivity contribution in [1.29, 1.82) is 0 Å². The van der Waals surface area contributed by atoms with Crippen LogP contribution in [0.1, 0.15) is 16.7 Å². The number of urea groups is 1. The van der Waals surface area contributed by atoms with Gasteiger partial charge in [-0.3, -0.25) is 9.69 Å². The Bertz CT molecular complexity index is 1140. The highest BCUT2D eigenvalue weighted by Crippen LogP contribution is 2.33. The van der Waals surface area contributed by atoms with Gasteiger partial charge < -0.3 is 10.1 Å². The van der Waals surface area contributed by atoms with E-state index in [2.05, 4.69) is 5.32 Å². The summed E-state index contributed by atoms with van der Waals surface area (Å²) in [4.78, 5) is 29.7. The molecule has 0 aromatic heterocycles. The van der Waals surface area contributed by atoms with Gasteiger partial charge in [-0.15, -0.1) is 0 Å². The monoisotopic (exact) mass is 447 g/mol. The first-order valence-electron chi connectivity index (χ1n) is 10.7. The number of benzene rings is 3. The quantitative estimate of drug-likeness (QED) is 0.532. The third-order valence-electron chi connectivity index (χ3n) is 5.81. The number of ether oxygens (including phenoxy) is 1. The summed E-state index contributed by atoms with van der Waals surface area (Å²) in [6.45, 7) is 0.427. The number of hydrogen-bond acceptors (Lipinski definition) is 4. The van der Waals surface area contributed by atoms with Gasteiger partial charge in [-0.05, 0) is 35.9 Å². The Labute approximate surface area is 192 Å². The third-order valence-corrected chi connectivity index (χ3v) is 5.81. The van der Waals surface area contributed by atoms with Gasteiger partial charge in [-0.2, -0.15) is 0 Å². The van der Waals surface area contributed by atoms with E-state index >= 15 is 0 Å². The number of halogens is 1. The van der Waals surface area contributed by atoms with Crippen LogP contribution in [0.2, 0.25) is 0 Å². The van der Waals surface area contributed by atoms with Crippen molar-refractivity contribution < 1.29 is 18.7 Å². The minimum Gasteiger partial charge on any atom is -0.494 e. The maximum atomic E-state index is 14.1. The molecule has 4 rings (SSSR count). The second-order valence-electron chi connectivity index (χ2n) is 8.22. The van der Waals surface area contributed by atoms with Crippen LogP contribution < -0.4 is 10.1 Å². The maximum Gasteiger partial charge on any atom is 0.326 e. The number of amides is 3. The van der Waals surface area contributed by atoms with Gasteiger partial charge in [0.15, 0.2) is 17.1 Å². The Morgan fingerprint density at radius 3 is 2.27 bits per heavy atom. The lowest BCUT2D eigenvalue weighted by Gasteiger charge is -2.28. The number of methoxy groups -OCH3 is 1. The van der Waals surface area contributed by atoms with E-state index in [0.29, 0.717) is 18.5 Å². The fraction of sp³-hybridized carbons (Fsp3) is 0.231. The van der Waals surface area contributed by atoms with E-state index in [-0.39, 0.29) is 18.3 Å². The summed E-state index contributed by atoms with van der Waals surface area (Å²) in [5.74, 6) is -0.594. The first-order chi connectivity index (χ1) is 15.9. The average molecular weight is 448 g/mol. The second-order valence-corrected chi connectivity index (χ2v) is 8.22. The van der Waals surface area contributed by atoms with Gasteiger partial charge in [0.05, 0.1) is 13.8 Å². The molecule has 1 saturated heterocycles. The topological polar surface area (TPSA) is 61.9 Å². The number of imide groups is 1. The van der Waals surface area contributed by atoms with Crippen LogP contribution in [0.3, 0.4) is 0 Å². The molecule has 0 unspecified atom stereocenters. The van der Waals surface area contributed by atoms with Crippen molar-refractivity contribution >= 4 is 11.9 Å². The number of hydrogen-bond donors (Lipinski definition) is 1. The van der Waals surface area contributed by atoms with Crippen molar-refractivity contribution in [2.45, 2.75) is 18.5 Å². The summed E-state index contributed by atoms with van der Waals surface area (Å²) in [5.41, 5.74) is 1.20. The molecule has 0 spiro atoms. The van der Waals surface area contributed by atoms with Crippen molar-refractivity contribution in [2.75, 3.05) is 20.8 Å². The maximum absolute atomic E-state index is 14.1. The minimum absolute atomic E-state index is 0.0711. The molecule has 1 heterocycles. The van der Waals surface area contributed by atoms with Crippen LogP contribution in [0.4, 0.5) is 9.18 Å². The zero-order valence-electron chi connectivity index (χ0n) is 18.6. The standard InChI is InChI=1S/C26H26FN3O3/c1-29(17-20-13-14-23(33-2)22(27)15-20)18-30-24(31)26(28-25(30)32,21-11-7-4-8-12-21)16-19-9-5-3-6-10-19/h3-15H,16-18H2,1-2H3,(H,28,32)/t26-/m0/s1. The average Bonchev–Trinajstić information content (AvgIpc) is 3.05. The van der Waals surface area contributed by atoms with Gasteiger partial charge in [0.2, 0.25) is 0 Å². The molecular weight excluding hydrogens is 421 g/mol. The smallest absolute Gasteiger partial charge is 0.326 e. The molecule has 6 nitrogen and oxygen atoms in total. The van der Waals surface area contributed by atoms with Crippen LogP contribution in [-0.2, 0) is 23.3 Å². The third kappa shape index (κ3) is 4.59. The molecule has 3 aromatic rings. The number of nitrogens with zero attached hydrogens (tertiary/aromatic N) is 2. The van der Waals surface area contributed by atoms with Crippen LogP contribution in [-0.4, -0.2) is 42.6 Å². The minimum atomic E-state index is -1.19. The molecule has 0 bridgehead atoms. The molecule has 1 fully saturated rings. The van der Waals surface area contributed by atoms with Gasteiger partial charge in [0, 0.05) is 13.0 Å². The predicted octanol–water partition coefficient (Wildman–Crippen LogP) is 3.91. The summed E-state index contributed by atoms with van der Waals surface area (Å²) in [7, 11) is 3.19. The highest BCUT2D eigenvalue weighted by molar-refractivity contribution is 6.07. The Kier molecular flexibility index (Phi) is 6.42. The SMILES string of the molecule is COc1ccc(CN(C)CN2C(=O)N[C@@](Cc3ccccc3)(c3ccccc3)C2=O)cc1F. The van der Waals surface area contributed by atoms with Crippen LogP contribution in [0.15, 0.2) is 78.9 Å². The predicted molar refractivity (Wildman–Crippen MR) is 123 cm³/mol. The molecule has 33 heavy (non-hydrogen) atoms. The van der Waals surface area contributed by atoms with Gasteiger partial charge in [-0.25, -0.2) is 14.1 Å². The van der Waals surface area contributed by atoms with Crippen molar-refractivity contribution in [1.82, 2.24) is 15.1 Å². The van der Waals surface area contributed by atoms with E-state index in [0.717, 1.165) is 11.1 Å². The van der Waals surface area contributed by atoms with Crippen molar-refractivity contribution in [2.24, 2.45) is 0 Å². The molecule has 1 aliphatic rings. The summed E-state index contributed by atoms with van der Waals surface area (Å²) in [5, 5.41) is 2.96. The second kappa shape index (κ2) is 9.42. The lowest BCUT2D eigenvalue weighted by Crippen LogP contribution is -2.46. The van der Waals surface area contributed by atoms with Crippen LogP contribution in [0.5, 0.6) is 5.75 Å². The largest absolute Gasteiger partial charge is 0.494 e. The van der Waals surface area contributed by atoms with E-state index < -0.39 is 17.4 Å². The first kappa shape index (κ1) is 22.5. The van der Waals surface area contributed by atoms with E-state index in [1.165, 1.54) is 18.1 Å². The molecule has 1 atom stereocenters. The fourth-order valence-corrected chi connectivity index (χ4v) is 4.21. The Morgan fingerprint density at radius 2 is 1.64 bits per heavy atom.